The van der Waals surface area contributed by atoms with E-state index < -0.39 is 6.61 Å². The van der Waals surface area contributed by atoms with Crippen LogP contribution in [0.5, 0.6) is 0 Å². The van der Waals surface area contributed by atoms with E-state index in [-0.39, 0.29) is 5.91 Å². The minimum absolute atomic E-state index is 0.381. The second kappa shape index (κ2) is 4.05. The Kier molecular flexibility index (Phi) is 3.03. The Bertz CT molecular complexity index is 321. The van der Waals surface area contributed by atoms with Gasteiger partial charge in [0.05, 0.1) is 0 Å². The molecule has 0 saturated heterocycles. The number of aliphatic hydroxyl groups is 1. The monoisotopic (exact) mass is 179 g/mol. The number of anilines is 1. The molecular weight excluding hydrogens is 166 g/mol. The van der Waals surface area contributed by atoms with Crippen LogP contribution in [-0.2, 0) is 4.79 Å². The molecule has 1 aromatic carbocycles. The van der Waals surface area contributed by atoms with Crippen LogP contribution in [0, 0.1) is 13.8 Å². The van der Waals surface area contributed by atoms with Gasteiger partial charge in [0.1, 0.15) is 6.61 Å². The van der Waals surface area contributed by atoms with Crippen LogP contribution in [0.1, 0.15) is 11.1 Å². The molecule has 0 heterocycles. The third-order valence-corrected chi connectivity index (χ3v) is 1.81. The lowest BCUT2D eigenvalue weighted by molar-refractivity contribution is -0.118. The van der Waals surface area contributed by atoms with Crippen LogP contribution < -0.4 is 5.32 Å². The number of hydrogen-bond donors (Lipinski definition) is 2. The molecule has 3 nitrogen and oxygen atoms in total. The molecule has 0 radical (unpaired) electrons. The summed E-state index contributed by atoms with van der Waals surface area (Å²) in [6.45, 7) is 3.38. The zero-order valence-corrected chi connectivity index (χ0v) is 7.79. The zero-order chi connectivity index (χ0) is 9.84. The van der Waals surface area contributed by atoms with Crippen molar-refractivity contribution in [3.63, 3.8) is 0 Å². The first kappa shape index (κ1) is 9.74. The molecule has 0 aromatic heterocycles. The van der Waals surface area contributed by atoms with E-state index in [4.69, 9.17) is 5.11 Å². The highest BCUT2D eigenvalue weighted by atomic mass is 16.3. The molecule has 1 aromatic rings. The fourth-order valence-electron chi connectivity index (χ4n) is 1.06. The van der Waals surface area contributed by atoms with E-state index in [0.29, 0.717) is 0 Å². The number of benzene rings is 1. The SMILES string of the molecule is Cc1ccc(C)c(NC(=O)CO)c1. The van der Waals surface area contributed by atoms with Gasteiger partial charge in [-0.1, -0.05) is 12.1 Å². The predicted molar refractivity (Wildman–Crippen MR) is 51.6 cm³/mol. The molecule has 0 saturated carbocycles. The van der Waals surface area contributed by atoms with Crippen molar-refractivity contribution in [1.82, 2.24) is 0 Å². The number of aliphatic hydroxyl groups excluding tert-OH is 1. The summed E-state index contributed by atoms with van der Waals surface area (Å²) >= 11 is 0. The Morgan fingerprint density at radius 3 is 2.77 bits per heavy atom. The van der Waals surface area contributed by atoms with E-state index >= 15 is 0 Å². The summed E-state index contributed by atoms with van der Waals surface area (Å²) in [6, 6.07) is 5.79. The smallest absolute Gasteiger partial charge is 0.250 e. The number of amides is 1. The van der Waals surface area contributed by atoms with Crippen LogP contribution in [-0.4, -0.2) is 17.6 Å². The second-order valence-corrected chi connectivity index (χ2v) is 3.02. The Balaban J connectivity index is 2.87. The van der Waals surface area contributed by atoms with Crippen LogP contribution in [0.15, 0.2) is 18.2 Å². The Labute approximate surface area is 77.4 Å². The summed E-state index contributed by atoms with van der Waals surface area (Å²) in [7, 11) is 0. The molecule has 0 fully saturated rings. The third kappa shape index (κ3) is 2.56. The maximum absolute atomic E-state index is 10.9. The average molecular weight is 179 g/mol. The molecule has 70 valence electrons. The number of carbonyl (C=O) groups is 1. The van der Waals surface area contributed by atoms with Gasteiger partial charge in [0.25, 0.3) is 0 Å². The standard InChI is InChI=1S/C10H13NO2/c1-7-3-4-8(2)9(5-7)11-10(13)6-12/h3-5,12H,6H2,1-2H3,(H,11,13). The van der Waals surface area contributed by atoms with Gasteiger partial charge in [0.15, 0.2) is 0 Å². The molecule has 2 N–H and O–H groups in total. The Hall–Kier alpha value is -1.35. The van der Waals surface area contributed by atoms with E-state index in [0.717, 1.165) is 16.8 Å². The second-order valence-electron chi connectivity index (χ2n) is 3.02. The molecule has 1 rings (SSSR count). The van der Waals surface area contributed by atoms with Crippen molar-refractivity contribution in [3.05, 3.63) is 29.3 Å². The molecule has 0 unspecified atom stereocenters. The van der Waals surface area contributed by atoms with Crippen molar-refractivity contribution in [2.75, 3.05) is 11.9 Å². The quantitative estimate of drug-likeness (QED) is 0.717. The topological polar surface area (TPSA) is 49.3 Å². The summed E-state index contributed by atoms with van der Waals surface area (Å²) in [5.74, 6) is -0.381. The van der Waals surface area contributed by atoms with Gasteiger partial charge in [0, 0.05) is 5.69 Å². The molecule has 0 spiro atoms. The van der Waals surface area contributed by atoms with Crippen LogP contribution in [0.25, 0.3) is 0 Å². The maximum atomic E-state index is 10.9. The first-order chi connectivity index (χ1) is 6.13. The zero-order valence-electron chi connectivity index (χ0n) is 7.79. The summed E-state index contributed by atoms with van der Waals surface area (Å²) in [6.07, 6.45) is 0. The van der Waals surface area contributed by atoms with Gasteiger partial charge in [-0.15, -0.1) is 0 Å². The van der Waals surface area contributed by atoms with Crippen LogP contribution in [0.4, 0.5) is 5.69 Å². The normalized spacial score (nSPS) is 9.77. The van der Waals surface area contributed by atoms with Gasteiger partial charge in [-0.05, 0) is 31.0 Å². The summed E-state index contributed by atoms with van der Waals surface area (Å²) in [5, 5.41) is 11.2. The van der Waals surface area contributed by atoms with Crippen molar-refractivity contribution in [2.24, 2.45) is 0 Å². The minimum atomic E-state index is -0.479. The van der Waals surface area contributed by atoms with Gasteiger partial charge in [-0.25, -0.2) is 0 Å². The average Bonchev–Trinajstić information content (AvgIpc) is 2.11. The maximum Gasteiger partial charge on any atom is 0.250 e. The summed E-state index contributed by atoms with van der Waals surface area (Å²) < 4.78 is 0. The van der Waals surface area contributed by atoms with Gasteiger partial charge in [0.2, 0.25) is 5.91 Å². The van der Waals surface area contributed by atoms with E-state index in [9.17, 15) is 4.79 Å². The van der Waals surface area contributed by atoms with Crippen LogP contribution in [0.3, 0.4) is 0 Å². The predicted octanol–water partition coefficient (Wildman–Crippen LogP) is 1.23. The number of nitrogens with one attached hydrogen (secondary N) is 1. The summed E-state index contributed by atoms with van der Waals surface area (Å²) in [5.41, 5.74) is 2.84. The number of carbonyl (C=O) groups excluding carboxylic acids is 1. The fraction of sp³-hybridized carbons (Fsp3) is 0.300. The number of aryl methyl sites for hydroxylation is 2. The first-order valence-corrected chi connectivity index (χ1v) is 4.11. The highest BCUT2D eigenvalue weighted by Gasteiger charge is 2.02. The van der Waals surface area contributed by atoms with Crippen molar-refractivity contribution in [2.45, 2.75) is 13.8 Å². The molecule has 0 aliphatic rings. The van der Waals surface area contributed by atoms with Crippen LogP contribution >= 0.6 is 0 Å². The number of rotatable bonds is 2. The molecular formula is C10H13NO2. The molecule has 0 bridgehead atoms. The largest absolute Gasteiger partial charge is 0.387 e. The molecule has 0 aliphatic carbocycles. The molecule has 3 heteroatoms. The lowest BCUT2D eigenvalue weighted by atomic mass is 10.1. The van der Waals surface area contributed by atoms with Gasteiger partial charge >= 0.3 is 0 Å². The molecule has 13 heavy (non-hydrogen) atoms. The van der Waals surface area contributed by atoms with E-state index in [1.54, 1.807) is 0 Å². The summed E-state index contributed by atoms with van der Waals surface area (Å²) in [4.78, 5) is 10.9. The van der Waals surface area contributed by atoms with Crippen molar-refractivity contribution in [3.8, 4) is 0 Å². The molecule has 0 atom stereocenters. The lowest BCUT2D eigenvalue weighted by Crippen LogP contribution is -2.16. The highest BCUT2D eigenvalue weighted by molar-refractivity contribution is 5.92. The first-order valence-electron chi connectivity index (χ1n) is 4.11. The fourth-order valence-corrected chi connectivity index (χ4v) is 1.06. The van der Waals surface area contributed by atoms with E-state index in [1.165, 1.54) is 0 Å². The van der Waals surface area contributed by atoms with Gasteiger partial charge in [-0.2, -0.15) is 0 Å². The van der Waals surface area contributed by atoms with Crippen molar-refractivity contribution in [1.29, 1.82) is 0 Å². The van der Waals surface area contributed by atoms with Gasteiger partial charge in [-0.3, -0.25) is 4.79 Å². The van der Waals surface area contributed by atoms with E-state index in [2.05, 4.69) is 5.32 Å². The molecule has 1 amide bonds. The highest BCUT2D eigenvalue weighted by Crippen LogP contribution is 2.15. The van der Waals surface area contributed by atoms with E-state index in [1.807, 2.05) is 32.0 Å². The Morgan fingerprint density at radius 1 is 1.46 bits per heavy atom. The number of hydrogen-bond acceptors (Lipinski definition) is 2. The third-order valence-electron chi connectivity index (χ3n) is 1.81. The lowest BCUT2D eigenvalue weighted by Gasteiger charge is -2.07. The van der Waals surface area contributed by atoms with Crippen molar-refractivity contribution >= 4 is 11.6 Å². The van der Waals surface area contributed by atoms with Crippen molar-refractivity contribution < 1.29 is 9.90 Å². The Morgan fingerprint density at radius 2 is 2.15 bits per heavy atom. The molecule has 0 aliphatic heterocycles. The van der Waals surface area contributed by atoms with Gasteiger partial charge < -0.3 is 10.4 Å². The minimum Gasteiger partial charge on any atom is -0.387 e. The van der Waals surface area contributed by atoms with Crippen LogP contribution in [0.2, 0.25) is 0 Å².